The van der Waals surface area contributed by atoms with Crippen molar-refractivity contribution in [3.8, 4) is 0 Å². The molecule has 0 N–H and O–H groups in total. The normalized spacial score (nSPS) is 10.6. The Morgan fingerprint density at radius 3 is 3.15 bits per heavy atom. The summed E-state index contributed by atoms with van der Waals surface area (Å²) in [6.45, 7) is 1.42. The molecule has 0 aliphatic carbocycles. The Balaban J connectivity index is 2.34. The molecule has 0 fully saturated rings. The van der Waals surface area contributed by atoms with Crippen LogP contribution in [-0.2, 0) is 17.7 Å². The summed E-state index contributed by atoms with van der Waals surface area (Å²) in [6, 6.07) is 0. The third-order valence-electron chi connectivity index (χ3n) is 1.68. The number of halogens is 1. The first-order chi connectivity index (χ1) is 6.36. The van der Waals surface area contributed by atoms with E-state index in [0.717, 1.165) is 25.1 Å². The number of hydrogen-bond acceptors (Lipinski definition) is 3. The van der Waals surface area contributed by atoms with Crippen LogP contribution in [0.4, 0.5) is 0 Å². The van der Waals surface area contributed by atoms with Gasteiger partial charge in [-0.25, -0.2) is 4.68 Å². The topological polar surface area (TPSA) is 39.9 Å². The summed E-state index contributed by atoms with van der Waals surface area (Å²) in [7, 11) is 1.67. The van der Waals surface area contributed by atoms with E-state index in [0.29, 0.717) is 12.5 Å². The number of rotatable bonds is 6. The van der Waals surface area contributed by atoms with Crippen molar-refractivity contribution in [1.29, 1.82) is 0 Å². The lowest BCUT2D eigenvalue weighted by Crippen LogP contribution is -2.04. The second-order valence-corrected chi connectivity index (χ2v) is 3.14. The first-order valence-corrected chi connectivity index (χ1v) is 4.84. The Kier molecular flexibility index (Phi) is 4.78. The van der Waals surface area contributed by atoms with Crippen molar-refractivity contribution in [3.05, 3.63) is 11.9 Å². The number of ether oxygens (including phenoxy) is 1. The zero-order valence-electron chi connectivity index (χ0n) is 7.74. The highest BCUT2D eigenvalue weighted by atomic mass is 35.5. The third kappa shape index (κ3) is 3.74. The molecular formula is C8H14ClN3O. The smallest absolute Gasteiger partial charge is 0.0827 e. The van der Waals surface area contributed by atoms with E-state index in [9.17, 15) is 0 Å². The van der Waals surface area contributed by atoms with Crippen LogP contribution in [0.3, 0.4) is 0 Å². The molecule has 0 unspecified atom stereocenters. The van der Waals surface area contributed by atoms with Gasteiger partial charge in [0.2, 0.25) is 0 Å². The Hall–Kier alpha value is -0.610. The van der Waals surface area contributed by atoms with Crippen molar-refractivity contribution in [2.75, 3.05) is 19.6 Å². The summed E-state index contributed by atoms with van der Waals surface area (Å²) in [6.07, 6.45) is 3.78. The molecule has 5 heteroatoms. The van der Waals surface area contributed by atoms with Crippen molar-refractivity contribution in [2.45, 2.75) is 19.4 Å². The summed E-state index contributed by atoms with van der Waals surface area (Å²) in [4.78, 5) is 0. The van der Waals surface area contributed by atoms with Gasteiger partial charge in [0.25, 0.3) is 0 Å². The number of nitrogens with zero attached hydrogens (tertiary/aromatic N) is 3. The maximum atomic E-state index is 5.57. The molecule has 4 nitrogen and oxygen atoms in total. The van der Waals surface area contributed by atoms with E-state index in [-0.39, 0.29) is 0 Å². The van der Waals surface area contributed by atoms with Crippen molar-refractivity contribution < 1.29 is 4.74 Å². The van der Waals surface area contributed by atoms with Gasteiger partial charge in [0.1, 0.15) is 0 Å². The van der Waals surface area contributed by atoms with Gasteiger partial charge in [-0.1, -0.05) is 5.21 Å². The lowest BCUT2D eigenvalue weighted by Gasteiger charge is -1.96. The summed E-state index contributed by atoms with van der Waals surface area (Å²) in [5.74, 6) is 0.672. The Labute approximate surface area is 82.8 Å². The number of aryl methyl sites for hydroxylation is 1. The molecule has 0 atom stereocenters. The molecule has 0 amide bonds. The molecule has 0 aliphatic rings. The summed E-state index contributed by atoms with van der Waals surface area (Å²) >= 11 is 5.57. The summed E-state index contributed by atoms with van der Waals surface area (Å²) in [5.41, 5.74) is 0.997. The van der Waals surface area contributed by atoms with E-state index in [1.54, 1.807) is 11.8 Å². The van der Waals surface area contributed by atoms with Gasteiger partial charge in [-0.05, 0) is 12.8 Å². The van der Waals surface area contributed by atoms with E-state index in [4.69, 9.17) is 16.3 Å². The van der Waals surface area contributed by atoms with E-state index >= 15 is 0 Å². The quantitative estimate of drug-likeness (QED) is 0.650. The van der Waals surface area contributed by atoms with Crippen LogP contribution in [0.5, 0.6) is 0 Å². The third-order valence-corrected chi connectivity index (χ3v) is 1.94. The molecule has 1 aromatic rings. The van der Waals surface area contributed by atoms with Gasteiger partial charge in [-0.3, -0.25) is 0 Å². The number of aromatic nitrogens is 3. The molecule has 74 valence electrons. The molecule has 13 heavy (non-hydrogen) atoms. The van der Waals surface area contributed by atoms with Crippen LogP contribution < -0.4 is 0 Å². The maximum Gasteiger partial charge on any atom is 0.0827 e. The largest absolute Gasteiger partial charge is 0.383 e. The number of hydrogen-bond donors (Lipinski definition) is 0. The van der Waals surface area contributed by atoms with E-state index < -0.39 is 0 Å². The molecule has 0 bridgehead atoms. The van der Waals surface area contributed by atoms with Crippen molar-refractivity contribution in [3.63, 3.8) is 0 Å². The number of alkyl halides is 1. The predicted octanol–water partition coefficient (Wildman–Crippen LogP) is 1.10. The molecule has 0 saturated heterocycles. The molecule has 0 aromatic carbocycles. The van der Waals surface area contributed by atoms with E-state index in [2.05, 4.69) is 10.3 Å². The fourth-order valence-electron chi connectivity index (χ4n) is 0.995. The van der Waals surface area contributed by atoms with Crippen molar-refractivity contribution >= 4 is 11.6 Å². The van der Waals surface area contributed by atoms with Crippen molar-refractivity contribution in [1.82, 2.24) is 15.0 Å². The monoisotopic (exact) mass is 203 g/mol. The van der Waals surface area contributed by atoms with Gasteiger partial charge in [0.05, 0.1) is 18.8 Å². The Morgan fingerprint density at radius 2 is 2.46 bits per heavy atom. The molecule has 1 rings (SSSR count). The molecule has 0 spiro atoms. The fourth-order valence-corrected chi connectivity index (χ4v) is 1.13. The molecular weight excluding hydrogens is 190 g/mol. The number of methoxy groups -OCH3 is 1. The zero-order valence-corrected chi connectivity index (χ0v) is 8.50. The van der Waals surface area contributed by atoms with Crippen molar-refractivity contribution in [2.24, 2.45) is 0 Å². The van der Waals surface area contributed by atoms with Gasteiger partial charge in [-0.15, -0.1) is 16.7 Å². The second-order valence-electron chi connectivity index (χ2n) is 2.76. The predicted molar refractivity (Wildman–Crippen MR) is 50.9 cm³/mol. The summed E-state index contributed by atoms with van der Waals surface area (Å²) < 4.78 is 6.71. The highest BCUT2D eigenvalue weighted by Gasteiger charge is 1.99. The van der Waals surface area contributed by atoms with Gasteiger partial charge in [-0.2, -0.15) is 0 Å². The van der Waals surface area contributed by atoms with Gasteiger partial charge >= 0.3 is 0 Å². The van der Waals surface area contributed by atoms with Gasteiger partial charge in [0, 0.05) is 19.2 Å². The van der Waals surface area contributed by atoms with E-state index in [1.165, 1.54) is 0 Å². The average Bonchev–Trinajstić information content (AvgIpc) is 2.59. The van der Waals surface area contributed by atoms with Crippen LogP contribution in [0, 0.1) is 0 Å². The summed E-state index contributed by atoms with van der Waals surface area (Å²) in [5, 5.41) is 7.96. The van der Waals surface area contributed by atoms with Crippen LogP contribution in [0.2, 0.25) is 0 Å². The SMILES string of the molecule is COCCn1cc(CCCCl)nn1. The van der Waals surface area contributed by atoms with Crippen LogP contribution in [0.25, 0.3) is 0 Å². The first-order valence-electron chi connectivity index (χ1n) is 4.30. The second kappa shape index (κ2) is 5.94. The molecule has 0 aliphatic heterocycles. The molecule has 0 radical (unpaired) electrons. The lowest BCUT2D eigenvalue weighted by molar-refractivity contribution is 0.183. The van der Waals surface area contributed by atoms with Crippen LogP contribution >= 0.6 is 11.6 Å². The van der Waals surface area contributed by atoms with Crippen LogP contribution in [0.15, 0.2) is 6.20 Å². The maximum absolute atomic E-state index is 5.57. The lowest BCUT2D eigenvalue weighted by atomic mass is 10.3. The Morgan fingerprint density at radius 1 is 1.62 bits per heavy atom. The molecule has 1 aromatic heterocycles. The van der Waals surface area contributed by atoms with Crippen LogP contribution in [-0.4, -0.2) is 34.6 Å². The molecule has 0 saturated carbocycles. The highest BCUT2D eigenvalue weighted by Crippen LogP contribution is 1.98. The minimum Gasteiger partial charge on any atom is -0.383 e. The first kappa shape index (κ1) is 10.5. The minimum atomic E-state index is 0.665. The van der Waals surface area contributed by atoms with Gasteiger partial charge in [0.15, 0.2) is 0 Å². The average molecular weight is 204 g/mol. The standard InChI is InChI=1S/C8H14ClN3O/c1-13-6-5-12-7-8(10-11-12)3-2-4-9/h7H,2-6H2,1H3. The minimum absolute atomic E-state index is 0.665. The Bertz CT molecular complexity index is 217. The fraction of sp³-hybridized carbons (Fsp3) is 0.750. The van der Waals surface area contributed by atoms with E-state index in [1.807, 2.05) is 6.20 Å². The highest BCUT2D eigenvalue weighted by molar-refractivity contribution is 6.17. The zero-order chi connectivity index (χ0) is 9.52. The molecule has 1 heterocycles. The van der Waals surface area contributed by atoms with Crippen LogP contribution in [0.1, 0.15) is 12.1 Å². The van der Waals surface area contributed by atoms with Gasteiger partial charge < -0.3 is 4.74 Å².